The summed E-state index contributed by atoms with van der Waals surface area (Å²) in [5.41, 5.74) is 1.88. The molecule has 1 aliphatic rings. The topological polar surface area (TPSA) is 86.0 Å². The van der Waals surface area contributed by atoms with Crippen LogP contribution in [-0.2, 0) is 11.8 Å². The van der Waals surface area contributed by atoms with Crippen molar-refractivity contribution in [2.45, 2.75) is 33.0 Å². The molecular weight excluding hydrogens is 454 g/mol. The van der Waals surface area contributed by atoms with Gasteiger partial charge in [0, 0.05) is 37.1 Å². The largest absolute Gasteiger partial charge is 0.367 e. The molecular formula is C25H24F2N6O2. The Kier molecular flexibility index (Phi) is 5.76. The van der Waals surface area contributed by atoms with Gasteiger partial charge in [0.1, 0.15) is 34.8 Å². The summed E-state index contributed by atoms with van der Waals surface area (Å²) >= 11 is 0. The number of anilines is 1. The van der Waals surface area contributed by atoms with Gasteiger partial charge in [0.2, 0.25) is 5.95 Å². The lowest BCUT2D eigenvalue weighted by Gasteiger charge is -2.37. The molecule has 1 aliphatic heterocycles. The number of fused-ring (bicyclic) bond motifs is 1. The van der Waals surface area contributed by atoms with Gasteiger partial charge in [0.05, 0.1) is 12.6 Å². The fraction of sp³-hybridized carbons (Fsp3) is 0.320. The SMILES string of the molecule is Cc1cc([C@H]2CN(c3nc(-c4ccc(F)cc4F)c4nc(C)n(C)c(=O)c4n3)C[C@H](C)O2)ccn1. The molecule has 4 aromatic rings. The Morgan fingerprint density at radius 1 is 1.03 bits per heavy atom. The Hall–Kier alpha value is -3.79. The average Bonchev–Trinajstić information content (AvgIpc) is 2.82. The molecule has 180 valence electrons. The third-order valence-electron chi connectivity index (χ3n) is 6.16. The zero-order valence-electron chi connectivity index (χ0n) is 19.8. The van der Waals surface area contributed by atoms with Gasteiger partial charge < -0.3 is 9.64 Å². The highest BCUT2D eigenvalue weighted by molar-refractivity contribution is 5.89. The van der Waals surface area contributed by atoms with Crippen LogP contribution in [0.5, 0.6) is 0 Å². The molecule has 0 saturated carbocycles. The summed E-state index contributed by atoms with van der Waals surface area (Å²) in [4.78, 5) is 33.0. The first kappa shape index (κ1) is 23.0. The first-order valence-corrected chi connectivity index (χ1v) is 11.2. The van der Waals surface area contributed by atoms with Crippen LogP contribution in [0.4, 0.5) is 14.7 Å². The Bertz CT molecular complexity index is 1510. The van der Waals surface area contributed by atoms with Crippen LogP contribution in [0.15, 0.2) is 41.3 Å². The number of aryl methyl sites for hydroxylation is 2. The summed E-state index contributed by atoms with van der Waals surface area (Å²) in [6, 6.07) is 7.10. The molecule has 0 bridgehead atoms. The molecule has 0 unspecified atom stereocenters. The fourth-order valence-corrected chi connectivity index (χ4v) is 4.32. The molecule has 2 atom stereocenters. The molecule has 0 aliphatic carbocycles. The zero-order chi connectivity index (χ0) is 24.9. The van der Waals surface area contributed by atoms with Crippen molar-refractivity contribution >= 4 is 17.0 Å². The van der Waals surface area contributed by atoms with Crippen molar-refractivity contribution in [2.24, 2.45) is 7.05 Å². The van der Waals surface area contributed by atoms with Crippen LogP contribution in [0.1, 0.15) is 30.1 Å². The Morgan fingerprint density at radius 2 is 1.83 bits per heavy atom. The number of morpholine rings is 1. The second kappa shape index (κ2) is 8.77. The minimum atomic E-state index is -0.795. The molecule has 10 heteroatoms. The van der Waals surface area contributed by atoms with E-state index in [1.807, 2.05) is 30.9 Å². The molecule has 1 aromatic carbocycles. The first-order valence-electron chi connectivity index (χ1n) is 11.2. The lowest BCUT2D eigenvalue weighted by molar-refractivity contribution is -0.0179. The van der Waals surface area contributed by atoms with Gasteiger partial charge in [-0.2, -0.15) is 0 Å². The summed E-state index contributed by atoms with van der Waals surface area (Å²) in [5, 5.41) is 0. The van der Waals surface area contributed by atoms with Crippen molar-refractivity contribution < 1.29 is 13.5 Å². The number of nitrogens with zero attached hydrogens (tertiary/aromatic N) is 6. The molecule has 4 heterocycles. The van der Waals surface area contributed by atoms with Crippen LogP contribution < -0.4 is 10.5 Å². The summed E-state index contributed by atoms with van der Waals surface area (Å²) in [7, 11) is 1.60. The monoisotopic (exact) mass is 478 g/mol. The highest BCUT2D eigenvalue weighted by atomic mass is 19.1. The van der Waals surface area contributed by atoms with E-state index in [1.54, 1.807) is 20.2 Å². The summed E-state index contributed by atoms with van der Waals surface area (Å²) in [6.07, 6.45) is 1.30. The summed E-state index contributed by atoms with van der Waals surface area (Å²) in [5.74, 6) is -0.820. The third-order valence-corrected chi connectivity index (χ3v) is 6.16. The molecule has 0 radical (unpaired) electrons. The van der Waals surface area contributed by atoms with E-state index in [-0.39, 0.29) is 46.0 Å². The molecule has 0 spiro atoms. The number of pyridine rings is 1. The van der Waals surface area contributed by atoms with E-state index in [4.69, 9.17) is 4.74 Å². The number of benzene rings is 1. The maximum atomic E-state index is 14.9. The minimum Gasteiger partial charge on any atom is -0.367 e. The lowest BCUT2D eigenvalue weighted by atomic mass is 10.1. The first-order chi connectivity index (χ1) is 16.7. The van der Waals surface area contributed by atoms with Crippen molar-refractivity contribution in [3.05, 3.63) is 75.6 Å². The van der Waals surface area contributed by atoms with Gasteiger partial charge in [-0.05, 0) is 50.6 Å². The molecule has 3 aromatic heterocycles. The molecule has 8 nitrogen and oxygen atoms in total. The van der Waals surface area contributed by atoms with Crippen LogP contribution in [0.3, 0.4) is 0 Å². The highest BCUT2D eigenvalue weighted by Crippen LogP contribution is 2.32. The number of aromatic nitrogens is 5. The third kappa shape index (κ3) is 4.25. The maximum absolute atomic E-state index is 14.9. The van der Waals surface area contributed by atoms with E-state index in [9.17, 15) is 13.6 Å². The van der Waals surface area contributed by atoms with Crippen LogP contribution in [0.2, 0.25) is 0 Å². The van der Waals surface area contributed by atoms with E-state index in [0.717, 1.165) is 23.4 Å². The number of rotatable bonds is 3. The molecule has 1 saturated heterocycles. The predicted octanol–water partition coefficient (Wildman–Crippen LogP) is 3.65. The quantitative estimate of drug-likeness (QED) is 0.444. The second-order valence-electron chi connectivity index (χ2n) is 8.79. The van der Waals surface area contributed by atoms with E-state index < -0.39 is 11.6 Å². The van der Waals surface area contributed by atoms with Gasteiger partial charge in [-0.15, -0.1) is 0 Å². The van der Waals surface area contributed by atoms with Gasteiger partial charge in [-0.3, -0.25) is 14.3 Å². The standard InChI is InChI=1S/C25H24F2N6O2/c1-13-9-16(7-8-28-13)20-12-33(11-14(2)35-20)25-30-21(18-6-5-17(26)10-19(18)27)22-23(31-25)24(34)32(4)15(3)29-22/h5-10,14,20H,11-12H2,1-4H3/t14-,20+/m0/s1. The molecule has 0 amide bonds. The van der Waals surface area contributed by atoms with Crippen molar-refractivity contribution in [3.8, 4) is 11.3 Å². The highest BCUT2D eigenvalue weighted by Gasteiger charge is 2.30. The fourth-order valence-electron chi connectivity index (χ4n) is 4.32. The summed E-state index contributed by atoms with van der Waals surface area (Å²) < 4.78 is 36.0. The number of halogens is 2. The molecule has 1 fully saturated rings. The van der Waals surface area contributed by atoms with E-state index in [0.29, 0.717) is 18.9 Å². The number of hydrogen-bond donors (Lipinski definition) is 0. The van der Waals surface area contributed by atoms with Gasteiger partial charge >= 0.3 is 0 Å². The van der Waals surface area contributed by atoms with Crippen LogP contribution in [0.25, 0.3) is 22.3 Å². The van der Waals surface area contributed by atoms with Crippen molar-refractivity contribution in [3.63, 3.8) is 0 Å². The van der Waals surface area contributed by atoms with E-state index in [2.05, 4.69) is 19.9 Å². The van der Waals surface area contributed by atoms with E-state index >= 15 is 0 Å². The van der Waals surface area contributed by atoms with Crippen LogP contribution in [0, 0.1) is 25.5 Å². The number of ether oxygens (including phenoxy) is 1. The number of hydrogen-bond acceptors (Lipinski definition) is 7. The van der Waals surface area contributed by atoms with Gasteiger partial charge in [0.15, 0.2) is 5.52 Å². The van der Waals surface area contributed by atoms with Crippen LogP contribution in [-0.4, -0.2) is 43.7 Å². The van der Waals surface area contributed by atoms with Gasteiger partial charge in [-0.25, -0.2) is 23.7 Å². The maximum Gasteiger partial charge on any atom is 0.279 e. The Labute approximate surface area is 200 Å². The smallest absolute Gasteiger partial charge is 0.279 e. The zero-order valence-corrected chi connectivity index (χ0v) is 19.8. The van der Waals surface area contributed by atoms with Gasteiger partial charge in [0.25, 0.3) is 5.56 Å². The minimum absolute atomic E-state index is 0.0443. The predicted molar refractivity (Wildman–Crippen MR) is 127 cm³/mol. The Morgan fingerprint density at radius 3 is 2.57 bits per heavy atom. The second-order valence-corrected chi connectivity index (χ2v) is 8.79. The molecule has 0 N–H and O–H groups in total. The molecule has 5 rings (SSSR count). The van der Waals surface area contributed by atoms with E-state index in [1.165, 1.54) is 10.6 Å². The van der Waals surface area contributed by atoms with Gasteiger partial charge in [-0.1, -0.05) is 0 Å². The van der Waals surface area contributed by atoms with Crippen LogP contribution >= 0.6 is 0 Å². The van der Waals surface area contributed by atoms with Crippen molar-refractivity contribution in [1.29, 1.82) is 0 Å². The normalized spacial score (nSPS) is 18.3. The Balaban J connectivity index is 1.68. The lowest BCUT2D eigenvalue weighted by Crippen LogP contribution is -2.44. The summed E-state index contributed by atoms with van der Waals surface area (Å²) in [6.45, 7) is 6.42. The van der Waals surface area contributed by atoms with Crippen molar-refractivity contribution in [1.82, 2.24) is 24.5 Å². The van der Waals surface area contributed by atoms with Crippen molar-refractivity contribution in [2.75, 3.05) is 18.0 Å². The molecule has 35 heavy (non-hydrogen) atoms. The average molecular weight is 479 g/mol.